The van der Waals surface area contributed by atoms with Crippen molar-refractivity contribution in [3.63, 3.8) is 0 Å². The van der Waals surface area contributed by atoms with E-state index in [0.29, 0.717) is 0 Å². The van der Waals surface area contributed by atoms with Crippen LogP contribution in [0.4, 0.5) is 10.2 Å². The fourth-order valence-corrected chi connectivity index (χ4v) is 3.97. The Morgan fingerprint density at radius 3 is 2.93 bits per heavy atom. The van der Waals surface area contributed by atoms with E-state index in [-0.39, 0.29) is 40.8 Å². The Kier molecular flexibility index (Phi) is 3.95. The zero-order valence-corrected chi connectivity index (χ0v) is 14.9. The summed E-state index contributed by atoms with van der Waals surface area (Å²) in [7, 11) is -2.87. The normalized spacial score (nSPS) is 16.7. The van der Waals surface area contributed by atoms with Gasteiger partial charge in [0.25, 0.3) is 15.9 Å². The highest BCUT2D eigenvalue weighted by atomic mass is 32.2. The molecule has 0 fully saturated rings. The molecule has 4 rings (SSSR count). The number of carbonyl (C=O) groups excluding carboxylic acids is 1. The first kappa shape index (κ1) is 17.2. The van der Waals surface area contributed by atoms with Crippen molar-refractivity contribution < 1.29 is 22.3 Å². The van der Waals surface area contributed by atoms with Crippen LogP contribution in [0.1, 0.15) is 10.4 Å². The second kappa shape index (κ2) is 6.20. The lowest BCUT2D eigenvalue weighted by Crippen LogP contribution is -2.28. The number of hydrogen-bond donors (Lipinski definition) is 1. The molecule has 3 heterocycles. The Balaban J connectivity index is 1.93. The van der Waals surface area contributed by atoms with Crippen LogP contribution in [0.15, 0.2) is 41.6 Å². The number of hydrogen-bond acceptors (Lipinski definition) is 6. The van der Waals surface area contributed by atoms with Crippen LogP contribution in [-0.4, -0.2) is 49.1 Å². The average molecular weight is 391 g/mol. The first-order valence-corrected chi connectivity index (χ1v) is 9.36. The SMILES string of the molecule is CN1c2ccn3ncc(c3n2)C(=O)NCCOc2ccc(F)cc2S1(=O)=O. The van der Waals surface area contributed by atoms with E-state index in [2.05, 4.69) is 15.4 Å². The van der Waals surface area contributed by atoms with Gasteiger partial charge in [-0.2, -0.15) is 5.10 Å². The van der Waals surface area contributed by atoms with Crippen LogP contribution in [0.2, 0.25) is 0 Å². The maximum atomic E-state index is 13.7. The molecule has 0 radical (unpaired) electrons. The molecule has 2 bridgehead atoms. The van der Waals surface area contributed by atoms with E-state index in [1.54, 1.807) is 0 Å². The van der Waals surface area contributed by atoms with E-state index in [0.717, 1.165) is 16.4 Å². The molecular formula is C16H14FN5O4S. The van der Waals surface area contributed by atoms with Crippen LogP contribution in [0.25, 0.3) is 5.65 Å². The lowest BCUT2D eigenvalue weighted by Gasteiger charge is -2.20. The molecule has 0 saturated heterocycles. The zero-order valence-electron chi connectivity index (χ0n) is 14.1. The van der Waals surface area contributed by atoms with Crippen molar-refractivity contribution in [2.24, 2.45) is 0 Å². The summed E-state index contributed by atoms with van der Waals surface area (Å²) in [6, 6.07) is 4.66. The fraction of sp³-hybridized carbons (Fsp3) is 0.188. The second-order valence-corrected chi connectivity index (χ2v) is 7.72. The molecule has 1 N–H and O–H groups in total. The third-order valence-electron chi connectivity index (χ3n) is 4.11. The van der Waals surface area contributed by atoms with E-state index in [4.69, 9.17) is 4.74 Å². The summed E-state index contributed by atoms with van der Waals surface area (Å²) >= 11 is 0. The number of fused-ring (bicyclic) bond motifs is 2. The Morgan fingerprint density at radius 2 is 2.11 bits per heavy atom. The fourth-order valence-electron chi connectivity index (χ4n) is 2.69. The number of aromatic nitrogens is 3. The van der Waals surface area contributed by atoms with Crippen LogP contribution >= 0.6 is 0 Å². The van der Waals surface area contributed by atoms with Crippen molar-refractivity contribution in [1.29, 1.82) is 0 Å². The highest BCUT2D eigenvalue weighted by Crippen LogP contribution is 2.29. The van der Waals surface area contributed by atoms with Crippen molar-refractivity contribution >= 4 is 27.4 Å². The number of anilines is 1. The van der Waals surface area contributed by atoms with Gasteiger partial charge in [0.1, 0.15) is 34.5 Å². The third-order valence-corrected chi connectivity index (χ3v) is 5.89. The molecule has 1 aliphatic heterocycles. The highest BCUT2D eigenvalue weighted by Gasteiger charge is 2.28. The van der Waals surface area contributed by atoms with Gasteiger partial charge < -0.3 is 10.1 Å². The minimum Gasteiger partial charge on any atom is -0.490 e. The molecule has 2 aromatic heterocycles. The van der Waals surface area contributed by atoms with Gasteiger partial charge in [-0.1, -0.05) is 0 Å². The number of amides is 1. The van der Waals surface area contributed by atoms with Gasteiger partial charge in [-0.05, 0) is 18.2 Å². The quantitative estimate of drug-likeness (QED) is 0.608. The molecule has 1 amide bonds. The van der Waals surface area contributed by atoms with Crippen molar-refractivity contribution in [2.75, 3.05) is 24.5 Å². The molecule has 0 saturated carbocycles. The maximum Gasteiger partial charge on any atom is 0.269 e. The Morgan fingerprint density at radius 1 is 1.30 bits per heavy atom. The second-order valence-electron chi connectivity index (χ2n) is 5.78. The van der Waals surface area contributed by atoms with Crippen LogP contribution in [0.3, 0.4) is 0 Å². The van der Waals surface area contributed by atoms with Crippen LogP contribution in [-0.2, 0) is 10.0 Å². The van der Waals surface area contributed by atoms with E-state index in [1.165, 1.54) is 36.1 Å². The molecule has 27 heavy (non-hydrogen) atoms. The summed E-state index contributed by atoms with van der Waals surface area (Å²) in [5.74, 6) is -1.09. The Bertz CT molecular complexity index is 1160. The summed E-state index contributed by atoms with van der Waals surface area (Å²) in [6.45, 7) is 0.113. The van der Waals surface area contributed by atoms with Gasteiger partial charge in [-0.25, -0.2) is 22.3 Å². The van der Waals surface area contributed by atoms with Gasteiger partial charge in [-0.15, -0.1) is 0 Å². The van der Waals surface area contributed by atoms with Crippen molar-refractivity contribution in [3.05, 3.63) is 48.0 Å². The third kappa shape index (κ3) is 2.85. The first-order chi connectivity index (χ1) is 12.9. The van der Waals surface area contributed by atoms with Gasteiger partial charge in [-0.3, -0.25) is 9.10 Å². The maximum absolute atomic E-state index is 13.7. The predicted octanol–water partition coefficient (Wildman–Crippen LogP) is 0.816. The van der Waals surface area contributed by atoms with Crippen LogP contribution in [0.5, 0.6) is 5.75 Å². The molecule has 9 nitrogen and oxygen atoms in total. The molecule has 1 aliphatic rings. The number of benzene rings is 1. The molecule has 140 valence electrons. The Hall–Kier alpha value is -3.21. The summed E-state index contributed by atoms with van der Waals surface area (Å²) in [5, 5.41) is 6.69. The number of nitrogens with zero attached hydrogens (tertiary/aromatic N) is 4. The highest BCUT2D eigenvalue weighted by molar-refractivity contribution is 7.92. The number of carbonyl (C=O) groups is 1. The molecule has 3 aromatic rings. The summed E-state index contributed by atoms with van der Waals surface area (Å²) in [5.41, 5.74) is 0.400. The van der Waals surface area contributed by atoms with Gasteiger partial charge in [0, 0.05) is 19.3 Å². The minimum absolute atomic E-state index is 0.000951. The van der Waals surface area contributed by atoms with Crippen molar-refractivity contribution in [1.82, 2.24) is 19.9 Å². The van der Waals surface area contributed by atoms with Gasteiger partial charge in [0.05, 0.1) is 12.7 Å². The van der Waals surface area contributed by atoms with Gasteiger partial charge in [0.2, 0.25) is 0 Å². The molecule has 1 aromatic carbocycles. The van der Waals surface area contributed by atoms with Crippen LogP contribution < -0.4 is 14.4 Å². The largest absolute Gasteiger partial charge is 0.490 e. The number of ether oxygens (including phenoxy) is 1. The molecule has 0 unspecified atom stereocenters. The summed E-state index contributed by atoms with van der Waals surface area (Å²) < 4.78 is 47.6. The van der Waals surface area contributed by atoms with Gasteiger partial charge >= 0.3 is 0 Å². The summed E-state index contributed by atoms with van der Waals surface area (Å²) in [6.07, 6.45) is 2.84. The lowest BCUT2D eigenvalue weighted by molar-refractivity contribution is 0.0948. The molecule has 0 spiro atoms. The molecule has 11 heteroatoms. The van der Waals surface area contributed by atoms with E-state index < -0.39 is 21.7 Å². The smallest absolute Gasteiger partial charge is 0.269 e. The van der Waals surface area contributed by atoms with Crippen LogP contribution in [0, 0.1) is 5.82 Å². The topological polar surface area (TPSA) is 106 Å². The number of rotatable bonds is 0. The zero-order chi connectivity index (χ0) is 19.2. The van der Waals surface area contributed by atoms with E-state index >= 15 is 0 Å². The number of halogens is 1. The Labute approximate surface area is 153 Å². The predicted molar refractivity (Wildman–Crippen MR) is 92.8 cm³/mol. The van der Waals surface area contributed by atoms with E-state index in [1.807, 2.05) is 0 Å². The van der Waals surface area contributed by atoms with Crippen molar-refractivity contribution in [3.8, 4) is 5.75 Å². The standard InChI is InChI=1S/C16H14FN5O4S/c1-21-14-4-6-22-15(20-14)11(9-19-22)16(23)18-5-7-26-12-3-2-10(17)8-13(12)27(21,24)25/h2-4,6,8-9H,5,7H2,1H3,(H,18,23). The summed E-state index contributed by atoms with van der Waals surface area (Å²) in [4.78, 5) is 16.3. The molecule has 0 aliphatic carbocycles. The molecular weight excluding hydrogens is 377 g/mol. The van der Waals surface area contributed by atoms with Crippen molar-refractivity contribution in [2.45, 2.75) is 4.90 Å². The molecule has 0 atom stereocenters. The number of sulfonamides is 1. The lowest BCUT2D eigenvalue weighted by atomic mass is 10.3. The first-order valence-electron chi connectivity index (χ1n) is 7.92. The minimum atomic E-state index is -4.16. The van der Waals surface area contributed by atoms with Gasteiger partial charge in [0.15, 0.2) is 5.65 Å². The van der Waals surface area contributed by atoms with E-state index in [9.17, 15) is 17.6 Å². The number of nitrogens with one attached hydrogen (secondary N) is 1. The average Bonchev–Trinajstić information content (AvgIpc) is 3.07. The monoisotopic (exact) mass is 391 g/mol.